The highest BCUT2D eigenvalue weighted by Crippen LogP contribution is 2.14. The number of nitrogens with zero attached hydrogens (tertiary/aromatic N) is 3. The second-order valence-electron chi connectivity index (χ2n) is 5.79. The Labute approximate surface area is 157 Å². The van der Waals surface area contributed by atoms with Crippen LogP contribution in [0, 0.1) is 0 Å². The van der Waals surface area contributed by atoms with Gasteiger partial charge in [0.1, 0.15) is 13.2 Å². The van der Waals surface area contributed by atoms with Crippen LogP contribution in [0.5, 0.6) is 0 Å². The number of hydrogen-bond acceptors (Lipinski definition) is 5. The largest absolute Gasteiger partial charge is 0.460 e. The predicted molar refractivity (Wildman–Crippen MR) is 99.3 cm³/mol. The second-order valence-corrected chi connectivity index (χ2v) is 5.79. The van der Waals surface area contributed by atoms with E-state index in [1.165, 1.54) is 6.20 Å². The number of rotatable bonds is 7. The fraction of sp³-hybridized carbons (Fsp3) is 0.200. The minimum Gasteiger partial charge on any atom is -0.460 e. The van der Waals surface area contributed by atoms with Crippen LogP contribution < -0.4 is 5.32 Å². The van der Waals surface area contributed by atoms with E-state index in [9.17, 15) is 9.59 Å². The molecular weight excluding hydrogens is 344 g/mol. The van der Waals surface area contributed by atoms with Gasteiger partial charge in [0.15, 0.2) is 5.82 Å². The lowest BCUT2D eigenvalue weighted by Crippen LogP contribution is -2.31. The summed E-state index contributed by atoms with van der Waals surface area (Å²) in [5.74, 6) is -0.233. The van der Waals surface area contributed by atoms with Crippen molar-refractivity contribution >= 4 is 11.9 Å². The quantitative estimate of drug-likeness (QED) is 0.650. The van der Waals surface area contributed by atoms with Gasteiger partial charge in [0.2, 0.25) is 0 Å². The molecule has 2 heterocycles. The molecule has 3 aromatic rings. The van der Waals surface area contributed by atoms with Crippen LogP contribution in [0.1, 0.15) is 28.5 Å². The molecule has 3 rings (SSSR count). The van der Waals surface area contributed by atoms with E-state index in [0.717, 1.165) is 11.3 Å². The first kappa shape index (κ1) is 18.3. The van der Waals surface area contributed by atoms with Crippen LogP contribution in [-0.2, 0) is 22.6 Å². The summed E-state index contributed by atoms with van der Waals surface area (Å²) in [6, 6.07) is 14.8. The number of esters is 1. The Balaban J connectivity index is 1.59. The first-order chi connectivity index (χ1) is 13.2. The molecule has 0 saturated carbocycles. The molecular formula is C20H20N4O3. The highest BCUT2D eigenvalue weighted by atomic mass is 16.5. The van der Waals surface area contributed by atoms with Crippen molar-refractivity contribution in [3.05, 3.63) is 77.7 Å². The van der Waals surface area contributed by atoms with Crippen molar-refractivity contribution in [2.75, 3.05) is 6.54 Å². The number of aromatic nitrogens is 3. The molecule has 0 bridgehead atoms. The normalized spacial score (nSPS) is 10.4. The fourth-order valence-electron chi connectivity index (χ4n) is 2.62. The van der Waals surface area contributed by atoms with Crippen LogP contribution in [0.25, 0.3) is 5.82 Å². The molecule has 0 aliphatic carbocycles. The Bertz CT molecular complexity index is 907. The Morgan fingerprint density at radius 1 is 1.11 bits per heavy atom. The number of carbonyl (C=O) groups excluding carboxylic acids is 2. The lowest BCUT2D eigenvalue weighted by Gasteiger charge is -2.08. The average molecular weight is 364 g/mol. The van der Waals surface area contributed by atoms with Crippen LogP contribution in [0.3, 0.4) is 0 Å². The van der Waals surface area contributed by atoms with Crippen molar-refractivity contribution in [1.29, 1.82) is 0 Å². The highest BCUT2D eigenvalue weighted by Gasteiger charge is 2.18. The molecule has 0 aliphatic rings. The van der Waals surface area contributed by atoms with Crippen molar-refractivity contribution in [2.45, 2.75) is 20.0 Å². The van der Waals surface area contributed by atoms with E-state index in [2.05, 4.69) is 15.4 Å². The van der Waals surface area contributed by atoms with Gasteiger partial charge in [-0.15, -0.1) is 0 Å². The van der Waals surface area contributed by atoms with E-state index in [-0.39, 0.29) is 19.1 Å². The number of ether oxygens (including phenoxy) is 1. The monoisotopic (exact) mass is 364 g/mol. The SMILES string of the molecule is CCc1c(C(=O)NCC(=O)OCc2ccccc2)cnn1-c1ccccn1. The summed E-state index contributed by atoms with van der Waals surface area (Å²) in [6.07, 6.45) is 3.74. The zero-order valence-electron chi connectivity index (χ0n) is 15.0. The van der Waals surface area contributed by atoms with Gasteiger partial charge in [-0.3, -0.25) is 9.59 Å². The van der Waals surface area contributed by atoms with Gasteiger partial charge >= 0.3 is 5.97 Å². The van der Waals surface area contributed by atoms with Crippen molar-refractivity contribution < 1.29 is 14.3 Å². The molecule has 2 aromatic heterocycles. The van der Waals surface area contributed by atoms with Gasteiger partial charge in [0.25, 0.3) is 5.91 Å². The minimum atomic E-state index is -0.498. The molecule has 7 nitrogen and oxygen atoms in total. The standard InChI is InChI=1S/C20H20N4O3/c1-2-17-16(12-23-24(17)18-10-6-7-11-21-18)20(26)22-13-19(25)27-14-15-8-4-3-5-9-15/h3-12H,2,13-14H2,1H3,(H,22,26). The third-order valence-electron chi connectivity index (χ3n) is 3.95. The first-order valence-electron chi connectivity index (χ1n) is 8.65. The number of amides is 1. The van der Waals surface area contributed by atoms with E-state index in [1.54, 1.807) is 10.9 Å². The number of pyridine rings is 1. The summed E-state index contributed by atoms with van der Waals surface area (Å²) in [4.78, 5) is 28.6. The van der Waals surface area contributed by atoms with Crippen LogP contribution >= 0.6 is 0 Å². The van der Waals surface area contributed by atoms with Gasteiger partial charge in [0, 0.05) is 6.20 Å². The molecule has 0 aliphatic heterocycles. The second kappa shape index (κ2) is 8.75. The Hall–Kier alpha value is -3.48. The molecule has 138 valence electrons. The van der Waals surface area contributed by atoms with Gasteiger partial charge in [-0.2, -0.15) is 5.10 Å². The van der Waals surface area contributed by atoms with Crippen LogP contribution in [-0.4, -0.2) is 33.2 Å². The van der Waals surface area contributed by atoms with E-state index >= 15 is 0 Å². The predicted octanol–water partition coefficient (Wildman–Crippen LogP) is 2.30. The summed E-state index contributed by atoms with van der Waals surface area (Å²) in [5.41, 5.74) is 2.03. The van der Waals surface area contributed by atoms with Crippen molar-refractivity contribution in [3.8, 4) is 5.82 Å². The van der Waals surface area contributed by atoms with E-state index in [4.69, 9.17) is 4.74 Å². The topological polar surface area (TPSA) is 86.1 Å². The van der Waals surface area contributed by atoms with Crippen LogP contribution in [0.4, 0.5) is 0 Å². The fourth-order valence-corrected chi connectivity index (χ4v) is 2.62. The summed E-state index contributed by atoms with van der Waals surface area (Å²) in [6.45, 7) is 1.90. The Morgan fingerprint density at radius 3 is 2.59 bits per heavy atom. The zero-order valence-corrected chi connectivity index (χ0v) is 15.0. The molecule has 0 radical (unpaired) electrons. The smallest absolute Gasteiger partial charge is 0.325 e. The molecule has 0 saturated heterocycles. The third kappa shape index (κ3) is 4.58. The van der Waals surface area contributed by atoms with Crippen molar-refractivity contribution in [1.82, 2.24) is 20.1 Å². The third-order valence-corrected chi connectivity index (χ3v) is 3.95. The van der Waals surface area contributed by atoms with Gasteiger partial charge in [0.05, 0.1) is 17.5 Å². The maximum Gasteiger partial charge on any atom is 0.325 e. The molecule has 0 spiro atoms. The van der Waals surface area contributed by atoms with E-state index in [0.29, 0.717) is 17.8 Å². The Morgan fingerprint density at radius 2 is 1.89 bits per heavy atom. The lowest BCUT2D eigenvalue weighted by molar-refractivity contribution is -0.143. The van der Waals surface area contributed by atoms with Gasteiger partial charge in [-0.1, -0.05) is 43.3 Å². The van der Waals surface area contributed by atoms with Gasteiger partial charge < -0.3 is 10.1 Å². The van der Waals surface area contributed by atoms with Crippen molar-refractivity contribution in [2.24, 2.45) is 0 Å². The first-order valence-corrected chi connectivity index (χ1v) is 8.65. The summed E-state index contributed by atoms with van der Waals surface area (Å²) >= 11 is 0. The molecule has 1 N–H and O–H groups in total. The van der Waals surface area contributed by atoms with Gasteiger partial charge in [-0.05, 0) is 24.1 Å². The molecule has 0 atom stereocenters. The summed E-state index contributed by atoms with van der Waals surface area (Å²) in [7, 11) is 0. The lowest BCUT2D eigenvalue weighted by atomic mass is 10.2. The summed E-state index contributed by atoms with van der Waals surface area (Å²) in [5, 5.41) is 6.85. The molecule has 1 amide bonds. The molecule has 0 fully saturated rings. The molecule has 0 unspecified atom stereocenters. The maximum atomic E-state index is 12.5. The highest BCUT2D eigenvalue weighted by molar-refractivity contribution is 5.96. The van der Waals surface area contributed by atoms with Gasteiger partial charge in [-0.25, -0.2) is 9.67 Å². The number of benzene rings is 1. The Kier molecular flexibility index (Phi) is 5.94. The zero-order chi connectivity index (χ0) is 19.1. The molecule has 1 aromatic carbocycles. The minimum absolute atomic E-state index is 0.174. The molecule has 7 heteroatoms. The number of hydrogen-bond donors (Lipinski definition) is 1. The van der Waals surface area contributed by atoms with Crippen molar-refractivity contribution in [3.63, 3.8) is 0 Å². The number of carbonyl (C=O) groups is 2. The summed E-state index contributed by atoms with van der Waals surface area (Å²) < 4.78 is 6.79. The number of nitrogens with one attached hydrogen (secondary N) is 1. The van der Waals surface area contributed by atoms with E-state index < -0.39 is 5.97 Å². The maximum absolute atomic E-state index is 12.5. The van der Waals surface area contributed by atoms with Crippen LogP contribution in [0.2, 0.25) is 0 Å². The molecule has 27 heavy (non-hydrogen) atoms. The van der Waals surface area contributed by atoms with Crippen LogP contribution in [0.15, 0.2) is 60.9 Å². The average Bonchev–Trinajstić information content (AvgIpc) is 3.16. The van der Waals surface area contributed by atoms with E-state index in [1.807, 2.05) is 55.5 Å².